The van der Waals surface area contributed by atoms with Crippen molar-refractivity contribution in [1.82, 2.24) is 10.2 Å². The van der Waals surface area contributed by atoms with Crippen molar-refractivity contribution >= 4 is 17.0 Å². The molecule has 1 aromatic carbocycles. The van der Waals surface area contributed by atoms with E-state index in [1.165, 1.54) is 16.0 Å². The Morgan fingerprint density at radius 1 is 1.19 bits per heavy atom. The summed E-state index contributed by atoms with van der Waals surface area (Å²) in [5.74, 6) is 0.568. The van der Waals surface area contributed by atoms with Gasteiger partial charge < -0.3 is 5.32 Å². The monoisotopic (exact) mass is 297 g/mol. The quantitative estimate of drug-likeness (QED) is 0.705. The summed E-state index contributed by atoms with van der Waals surface area (Å²) >= 11 is 1.72. The minimum Gasteiger partial charge on any atom is -0.381 e. The van der Waals surface area contributed by atoms with Gasteiger partial charge in [0.1, 0.15) is 0 Å². The second-order valence-electron chi connectivity index (χ2n) is 5.38. The van der Waals surface area contributed by atoms with Crippen molar-refractivity contribution in [3.05, 3.63) is 59.1 Å². The summed E-state index contributed by atoms with van der Waals surface area (Å²) < 4.78 is 0. The van der Waals surface area contributed by atoms with E-state index in [1.807, 2.05) is 6.20 Å². The largest absolute Gasteiger partial charge is 0.381 e. The molecule has 21 heavy (non-hydrogen) atoms. The highest BCUT2D eigenvalue weighted by Crippen LogP contribution is 2.26. The lowest BCUT2D eigenvalue weighted by Gasteiger charge is -2.09. The van der Waals surface area contributed by atoms with Crippen LogP contribution in [-0.2, 0) is 6.54 Å². The van der Waals surface area contributed by atoms with Crippen LogP contribution in [0.15, 0.2) is 48.0 Å². The SMILES string of the molecule is CC(C)c1ccc(NCc2cn[nH]c2-c2cccs2)cc1. The van der Waals surface area contributed by atoms with Crippen LogP contribution in [0.3, 0.4) is 0 Å². The average Bonchev–Trinajstić information content (AvgIpc) is 3.16. The summed E-state index contributed by atoms with van der Waals surface area (Å²) in [5.41, 5.74) is 4.79. The summed E-state index contributed by atoms with van der Waals surface area (Å²) in [5, 5.41) is 12.8. The van der Waals surface area contributed by atoms with Gasteiger partial charge in [-0.3, -0.25) is 5.10 Å². The van der Waals surface area contributed by atoms with Crippen LogP contribution in [-0.4, -0.2) is 10.2 Å². The number of aromatic nitrogens is 2. The number of benzene rings is 1. The number of hydrogen-bond acceptors (Lipinski definition) is 3. The molecule has 108 valence electrons. The molecule has 3 aromatic rings. The molecule has 0 saturated heterocycles. The summed E-state index contributed by atoms with van der Waals surface area (Å²) in [7, 11) is 0. The van der Waals surface area contributed by atoms with Gasteiger partial charge in [-0.1, -0.05) is 32.0 Å². The van der Waals surface area contributed by atoms with Gasteiger partial charge in [0, 0.05) is 17.8 Å². The Labute approximate surface area is 129 Å². The summed E-state index contributed by atoms with van der Waals surface area (Å²) in [6.07, 6.45) is 1.89. The van der Waals surface area contributed by atoms with Crippen LogP contribution < -0.4 is 5.32 Å². The molecule has 0 amide bonds. The lowest BCUT2D eigenvalue weighted by Crippen LogP contribution is -2.00. The summed E-state index contributed by atoms with van der Waals surface area (Å²) in [6.45, 7) is 5.19. The lowest BCUT2D eigenvalue weighted by atomic mass is 10.0. The maximum atomic E-state index is 4.17. The Balaban J connectivity index is 1.70. The molecular weight excluding hydrogens is 278 g/mol. The minimum atomic E-state index is 0.568. The molecule has 0 radical (unpaired) electrons. The van der Waals surface area contributed by atoms with Crippen LogP contribution in [0.1, 0.15) is 30.9 Å². The molecule has 2 heterocycles. The van der Waals surface area contributed by atoms with E-state index in [9.17, 15) is 0 Å². The zero-order valence-corrected chi connectivity index (χ0v) is 13.1. The fourth-order valence-electron chi connectivity index (χ4n) is 2.26. The van der Waals surface area contributed by atoms with Crippen molar-refractivity contribution in [2.75, 3.05) is 5.32 Å². The maximum absolute atomic E-state index is 4.17. The highest BCUT2D eigenvalue weighted by molar-refractivity contribution is 7.13. The van der Waals surface area contributed by atoms with Crippen LogP contribution in [0, 0.1) is 0 Å². The molecular formula is C17H19N3S. The van der Waals surface area contributed by atoms with Crippen molar-refractivity contribution < 1.29 is 0 Å². The Kier molecular flexibility index (Phi) is 4.06. The predicted octanol–water partition coefficient (Wildman–Crippen LogP) is 4.87. The van der Waals surface area contributed by atoms with Crippen molar-refractivity contribution in [1.29, 1.82) is 0 Å². The Hall–Kier alpha value is -2.07. The van der Waals surface area contributed by atoms with E-state index < -0.39 is 0 Å². The topological polar surface area (TPSA) is 40.7 Å². The van der Waals surface area contributed by atoms with Crippen LogP contribution in [0.2, 0.25) is 0 Å². The number of anilines is 1. The van der Waals surface area contributed by atoms with E-state index in [0.717, 1.165) is 17.9 Å². The average molecular weight is 297 g/mol. The number of H-pyrrole nitrogens is 1. The van der Waals surface area contributed by atoms with Gasteiger partial charge >= 0.3 is 0 Å². The number of hydrogen-bond donors (Lipinski definition) is 2. The van der Waals surface area contributed by atoms with Gasteiger partial charge in [0.15, 0.2) is 0 Å². The molecule has 0 unspecified atom stereocenters. The number of rotatable bonds is 5. The second kappa shape index (κ2) is 6.14. The normalized spacial score (nSPS) is 11.0. The first-order chi connectivity index (χ1) is 10.2. The zero-order valence-electron chi connectivity index (χ0n) is 12.3. The number of thiophene rings is 1. The number of nitrogens with zero attached hydrogens (tertiary/aromatic N) is 1. The molecule has 3 nitrogen and oxygen atoms in total. The van der Waals surface area contributed by atoms with Gasteiger partial charge in [-0.05, 0) is 35.1 Å². The number of aromatic amines is 1. The molecule has 0 aliphatic rings. The van der Waals surface area contributed by atoms with Crippen molar-refractivity contribution in [3.8, 4) is 10.6 Å². The summed E-state index contributed by atoms with van der Waals surface area (Å²) in [4.78, 5) is 1.22. The van der Waals surface area contributed by atoms with E-state index in [1.54, 1.807) is 11.3 Å². The molecule has 2 N–H and O–H groups in total. The van der Waals surface area contributed by atoms with Crippen LogP contribution in [0.25, 0.3) is 10.6 Å². The van der Waals surface area contributed by atoms with Gasteiger partial charge in [-0.15, -0.1) is 11.3 Å². The molecule has 2 aromatic heterocycles. The lowest BCUT2D eigenvalue weighted by molar-refractivity contribution is 0.867. The Bertz CT molecular complexity index is 681. The van der Waals surface area contributed by atoms with Gasteiger partial charge in [-0.2, -0.15) is 5.10 Å². The second-order valence-corrected chi connectivity index (χ2v) is 6.33. The predicted molar refractivity (Wildman–Crippen MR) is 89.8 cm³/mol. The van der Waals surface area contributed by atoms with E-state index in [-0.39, 0.29) is 0 Å². The fourth-order valence-corrected chi connectivity index (χ4v) is 3.02. The molecule has 0 saturated carbocycles. The van der Waals surface area contributed by atoms with Gasteiger partial charge in [0.05, 0.1) is 16.8 Å². The molecule has 0 aliphatic carbocycles. The van der Waals surface area contributed by atoms with E-state index in [0.29, 0.717) is 5.92 Å². The third kappa shape index (κ3) is 3.16. The third-order valence-corrected chi connectivity index (χ3v) is 4.43. The zero-order chi connectivity index (χ0) is 14.7. The molecule has 0 spiro atoms. The fraction of sp³-hybridized carbons (Fsp3) is 0.235. The molecule has 0 atom stereocenters. The third-order valence-electron chi connectivity index (χ3n) is 3.55. The highest BCUT2D eigenvalue weighted by atomic mass is 32.1. The van der Waals surface area contributed by atoms with Crippen LogP contribution in [0.5, 0.6) is 0 Å². The minimum absolute atomic E-state index is 0.568. The first-order valence-corrected chi connectivity index (χ1v) is 8.02. The van der Waals surface area contributed by atoms with Gasteiger partial charge in [0.2, 0.25) is 0 Å². The van der Waals surface area contributed by atoms with Crippen molar-refractivity contribution in [2.24, 2.45) is 0 Å². The highest BCUT2D eigenvalue weighted by Gasteiger charge is 2.08. The molecule has 0 fully saturated rings. The van der Waals surface area contributed by atoms with E-state index in [2.05, 4.69) is 71.1 Å². The first kappa shape index (κ1) is 13.9. The van der Waals surface area contributed by atoms with Crippen LogP contribution >= 0.6 is 11.3 Å². The molecule has 4 heteroatoms. The Morgan fingerprint density at radius 3 is 2.67 bits per heavy atom. The standard InChI is InChI=1S/C17H19N3S/c1-12(2)13-5-7-15(8-6-13)18-10-14-11-19-20-17(14)16-4-3-9-21-16/h3-9,11-12,18H,10H2,1-2H3,(H,19,20). The summed E-state index contributed by atoms with van der Waals surface area (Å²) in [6, 6.07) is 12.8. The number of nitrogens with one attached hydrogen (secondary N) is 2. The van der Waals surface area contributed by atoms with E-state index in [4.69, 9.17) is 0 Å². The van der Waals surface area contributed by atoms with Crippen molar-refractivity contribution in [3.63, 3.8) is 0 Å². The van der Waals surface area contributed by atoms with Gasteiger partial charge in [-0.25, -0.2) is 0 Å². The Morgan fingerprint density at radius 2 is 2.00 bits per heavy atom. The molecule has 3 rings (SSSR count). The van der Waals surface area contributed by atoms with Crippen molar-refractivity contribution in [2.45, 2.75) is 26.3 Å². The molecule has 0 aliphatic heterocycles. The molecule has 0 bridgehead atoms. The smallest absolute Gasteiger partial charge is 0.0799 e. The first-order valence-electron chi connectivity index (χ1n) is 7.14. The van der Waals surface area contributed by atoms with Gasteiger partial charge in [0.25, 0.3) is 0 Å². The van der Waals surface area contributed by atoms with E-state index >= 15 is 0 Å². The maximum Gasteiger partial charge on any atom is 0.0799 e. The van der Waals surface area contributed by atoms with Crippen LogP contribution in [0.4, 0.5) is 5.69 Å².